The average molecular weight is 341 g/mol. The lowest BCUT2D eigenvalue weighted by Gasteiger charge is -2.26. The third-order valence-corrected chi connectivity index (χ3v) is 6.22. The van der Waals surface area contributed by atoms with Gasteiger partial charge in [0.15, 0.2) is 5.43 Å². The molecule has 1 fully saturated rings. The number of rotatable bonds is 1. The first kappa shape index (κ1) is 14.7. The SMILES string of the molecule is O=C(c1ccc2sc3ccccc3c(=O)c2c1)N1CCSCC1. The summed E-state index contributed by atoms with van der Waals surface area (Å²) in [5, 5.41) is 1.37. The van der Waals surface area contributed by atoms with E-state index in [1.165, 1.54) is 0 Å². The van der Waals surface area contributed by atoms with E-state index in [1.54, 1.807) is 17.4 Å². The lowest BCUT2D eigenvalue weighted by molar-refractivity contribution is 0.0772. The lowest BCUT2D eigenvalue weighted by atomic mass is 10.1. The van der Waals surface area contributed by atoms with Crippen LogP contribution >= 0.6 is 23.1 Å². The summed E-state index contributed by atoms with van der Waals surface area (Å²) >= 11 is 3.47. The minimum Gasteiger partial charge on any atom is -0.337 e. The highest BCUT2D eigenvalue weighted by Gasteiger charge is 2.19. The van der Waals surface area contributed by atoms with Crippen LogP contribution in [0.25, 0.3) is 20.2 Å². The smallest absolute Gasteiger partial charge is 0.253 e. The van der Waals surface area contributed by atoms with E-state index in [2.05, 4.69) is 0 Å². The molecular formula is C18H15NO2S2. The number of carbonyl (C=O) groups is 1. The number of nitrogens with zero attached hydrogens (tertiary/aromatic N) is 1. The molecule has 0 unspecified atom stereocenters. The molecule has 1 aromatic heterocycles. The van der Waals surface area contributed by atoms with Crippen LogP contribution in [0.15, 0.2) is 47.3 Å². The summed E-state index contributed by atoms with van der Waals surface area (Å²) in [7, 11) is 0. The Bertz CT molecular complexity index is 958. The summed E-state index contributed by atoms with van der Waals surface area (Å²) in [4.78, 5) is 27.2. The van der Waals surface area contributed by atoms with Crippen LogP contribution in [0, 0.1) is 0 Å². The first-order chi connectivity index (χ1) is 11.2. The van der Waals surface area contributed by atoms with Crippen molar-refractivity contribution in [1.82, 2.24) is 4.90 Å². The molecule has 0 atom stereocenters. The number of thioether (sulfide) groups is 1. The van der Waals surface area contributed by atoms with Gasteiger partial charge in [-0.2, -0.15) is 11.8 Å². The number of amides is 1. The number of hydrogen-bond donors (Lipinski definition) is 0. The molecule has 2 aromatic carbocycles. The molecule has 0 radical (unpaired) electrons. The number of benzene rings is 2. The van der Waals surface area contributed by atoms with Crippen LogP contribution in [-0.2, 0) is 0 Å². The molecule has 3 nitrogen and oxygen atoms in total. The van der Waals surface area contributed by atoms with E-state index in [4.69, 9.17) is 0 Å². The molecule has 3 aromatic rings. The first-order valence-electron chi connectivity index (χ1n) is 7.57. The Labute approximate surface area is 141 Å². The molecule has 0 saturated carbocycles. The molecule has 0 bridgehead atoms. The van der Waals surface area contributed by atoms with Gasteiger partial charge in [0, 0.05) is 50.3 Å². The molecule has 2 heterocycles. The van der Waals surface area contributed by atoms with E-state index in [9.17, 15) is 9.59 Å². The fraction of sp³-hybridized carbons (Fsp3) is 0.222. The van der Waals surface area contributed by atoms with Gasteiger partial charge in [-0.3, -0.25) is 9.59 Å². The van der Waals surface area contributed by atoms with E-state index in [0.717, 1.165) is 39.4 Å². The summed E-state index contributed by atoms with van der Waals surface area (Å²) in [5.41, 5.74) is 0.627. The topological polar surface area (TPSA) is 37.4 Å². The highest BCUT2D eigenvalue weighted by Crippen LogP contribution is 2.25. The van der Waals surface area contributed by atoms with Gasteiger partial charge < -0.3 is 4.90 Å². The predicted molar refractivity (Wildman–Crippen MR) is 98.8 cm³/mol. The Balaban J connectivity index is 1.84. The summed E-state index contributed by atoms with van der Waals surface area (Å²) in [6.45, 7) is 1.57. The highest BCUT2D eigenvalue weighted by atomic mass is 32.2. The molecule has 116 valence electrons. The quantitative estimate of drug-likeness (QED) is 0.635. The Morgan fingerprint density at radius 1 is 0.957 bits per heavy atom. The van der Waals surface area contributed by atoms with Crippen molar-refractivity contribution in [2.24, 2.45) is 0 Å². The minimum absolute atomic E-state index is 0.0122. The van der Waals surface area contributed by atoms with Gasteiger partial charge in [0.1, 0.15) is 0 Å². The summed E-state index contributed by atoms with van der Waals surface area (Å²) in [6.07, 6.45) is 0. The Morgan fingerprint density at radius 3 is 2.52 bits per heavy atom. The second-order valence-corrected chi connectivity index (χ2v) is 7.85. The second kappa shape index (κ2) is 5.98. The largest absolute Gasteiger partial charge is 0.337 e. The molecule has 4 rings (SSSR count). The third kappa shape index (κ3) is 2.64. The van der Waals surface area contributed by atoms with Crippen molar-refractivity contribution in [3.8, 4) is 0 Å². The van der Waals surface area contributed by atoms with Gasteiger partial charge in [-0.05, 0) is 30.3 Å². The second-order valence-electron chi connectivity index (χ2n) is 5.54. The van der Waals surface area contributed by atoms with Gasteiger partial charge in [0.2, 0.25) is 0 Å². The maximum Gasteiger partial charge on any atom is 0.253 e. The van der Waals surface area contributed by atoms with Crippen LogP contribution in [-0.4, -0.2) is 35.4 Å². The van der Waals surface area contributed by atoms with Crippen LogP contribution in [0.4, 0.5) is 0 Å². The third-order valence-electron chi connectivity index (χ3n) is 4.12. The van der Waals surface area contributed by atoms with Gasteiger partial charge in [0.25, 0.3) is 5.91 Å². The molecule has 23 heavy (non-hydrogen) atoms. The van der Waals surface area contributed by atoms with E-state index < -0.39 is 0 Å². The van der Waals surface area contributed by atoms with Crippen LogP contribution < -0.4 is 5.43 Å². The number of hydrogen-bond acceptors (Lipinski definition) is 4. The normalized spacial score (nSPS) is 15.2. The van der Waals surface area contributed by atoms with Crippen molar-refractivity contribution in [3.05, 3.63) is 58.3 Å². The summed E-state index contributed by atoms with van der Waals surface area (Å²) in [5.74, 6) is 2.00. The van der Waals surface area contributed by atoms with Crippen LogP contribution in [0.2, 0.25) is 0 Å². The van der Waals surface area contributed by atoms with E-state index in [0.29, 0.717) is 10.9 Å². The monoisotopic (exact) mass is 341 g/mol. The van der Waals surface area contributed by atoms with Crippen LogP contribution in [0.3, 0.4) is 0 Å². The van der Waals surface area contributed by atoms with Gasteiger partial charge in [0.05, 0.1) is 0 Å². The fourth-order valence-electron chi connectivity index (χ4n) is 2.89. The molecular weight excluding hydrogens is 326 g/mol. The highest BCUT2D eigenvalue weighted by molar-refractivity contribution is 7.99. The van der Waals surface area contributed by atoms with Gasteiger partial charge >= 0.3 is 0 Å². The van der Waals surface area contributed by atoms with Crippen molar-refractivity contribution >= 4 is 49.2 Å². The molecule has 5 heteroatoms. The fourth-order valence-corrected chi connectivity index (χ4v) is 4.84. The van der Waals surface area contributed by atoms with Gasteiger partial charge in [-0.15, -0.1) is 11.3 Å². The summed E-state index contributed by atoms with van der Waals surface area (Å²) in [6, 6.07) is 13.1. The predicted octanol–water partition coefficient (Wildman–Crippen LogP) is 3.60. The van der Waals surface area contributed by atoms with Crippen molar-refractivity contribution in [3.63, 3.8) is 0 Å². The van der Waals surface area contributed by atoms with Crippen LogP contribution in [0.1, 0.15) is 10.4 Å². The Hall–Kier alpha value is -1.85. The lowest BCUT2D eigenvalue weighted by Crippen LogP contribution is -2.37. The maximum atomic E-state index is 12.7. The van der Waals surface area contributed by atoms with Crippen molar-refractivity contribution in [1.29, 1.82) is 0 Å². The van der Waals surface area contributed by atoms with Crippen molar-refractivity contribution in [2.45, 2.75) is 0 Å². The zero-order valence-corrected chi connectivity index (χ0v) is 14.1. The Kier molecular flexibility index (Phi) is 3.83. The first-order valence-corrected chi connectivity index (χ1v) is 9.54. The number of carbonyl (C=O) groups excluding carboxylic acids is 1. The van der Waals surface area contributed by atoms with Crippen molar-refractivity contribution in [2.75, 3.05) is 24.6 Å². The molecule has 1 saturated heterocycles. The minimum atomic E-state index is 0.0122. The Morgan fingerprint density at radius 2 is 1.70 bits per heavy atom. The molecule has 1 aliphatic heterocycles. The molecule has 0 N–H and O–H groups in total. The van der Waals surface area contributed by atoms with Gasteiger partial charge in [-0.1, -0.05) is 12.1 Å². The standard InChI is InChI=1S/C18H15NO2S2/c20-17-13-3-1-2-4-15(13)23-16-6-5-12(11-14(16)17)18(21)19-7-9-22-10-8-19/h1-6,11H,7-10H2. The molecule has 1 amide bonds. The zero-order valence-electron chi connectivity index (χ0n) is 12.5. The summed E-state index contributed by atoms with van der Waals surface area (Å²) < 4.78 is 1.91. The van der Waals surface area contributed by atoms with Gasteiger partial charge in [-0.25, -0.2) is 0 Å². The van der Waals surface area contributed by atoms with E-state index >= 15 is 0 Å². The van der Waals surface area contributed by atoms with Crippen LogP contribution in [0.5, 0.6) is 0 Å². The molecule has 0 spiro atoms. The van der Waals surface area contributed by atoms with E-state index in [1.807, 2.05) is 53.1 Å². The molecule has 1 aliphatic rings. The van der Waals surface area contributed by atoms with Crippen molar-refractivity contribution < 1.29 is 4.79 Å². The zero-order chi connectivity index (χ0) is 15.8. The number of fused-ring (bicyclic) bond motifs is 2. The maximum absolute atomic E-state index is 12.7. The average Bonchev–Trinajstić information content (AvgIpc) is 2.62. The molecule has 0 aliphatic carbocycles. The van der Waals surface area contributed by atoms with E-state index in [-0.39, 0.29) is 11.3 Å².